The Morgan fingerprint density at radius 2 is 2.00 bits per heavy atom. The molecule has 5 heteroatoms. The molecule has 1 atom stereocenters. The van der Waals surface area contributed by atoms with Crippen LogP contribution in [0.15, 0.2) is 29.2 Å². The molecule has 0 aromatic heterocycles. The molecule has 1 fully saturated rings. The van der Waals surface area contributed by atoms with Crippen LogP contribution >= 0.6 is 0 Å². The van der Waals surface area contributed by atoms with Crippen molar-refractivity contribution in [3.63, 3.8) is 0 Å². The highest BCUT2D eigenvalue weighted by atomic mass is 32.2. The van der Waals surface area contributed by atoms with Gasteiger partial charge in [-0.3, -0.25) is 0 Å². The van der Waals surface area contributed by atoms with E-state index in [1.807, 2.05) is 12.1 Å². The van der Waals surface area contributed by atoms with Crippen LogP contribution in [0.4, 0.5) is 0 Å². The Balaban J connectivity index is 2.11. The number of rotatable bonds is 7. The molecule has 0 heterocycles. The molecule has 0 saturated heterocycles. The first-order chi connectivity index (χ1) is 10.0. The van der Waals surface area contributed by atoms with Crippen molar-refractivity contribution in [1.82, 2.24) is 10.0 Å². The summed E-state index contributed by atoms with van der Waals surface area (Å²) in [6.45, 7) is 5.11. The Kier molecular flexibility index (Phi) is 5.79. The fourth-order valence-electron chi connectivity index (χ4n) is 2.76. The average Bonchev–Trinajstić information content (AvgIpc) is 2.97. The summed E-state index contributed by atoms with van der Waals surface area (Å²) < 4.78 is 27.7. The van der Waals surface area contributed by atoms with Gasteiger partial charge in [0.2, 0.25) is 10.0 Å². The Morgan fingerprint density at radius 3 is 2.67 bits per heavy atom. The van der Waals surface area contributed by atoms with Crippen LogP contribution in [0.25, 0.3) is 0 Å². The first-order valence-electron chi connectivity index (χ1n) is 7.88. The fourth-order valence-corrected chi connectivity index (χ4v) is 4.12. The maximum atomic E-state index is 12.4. The summed E-state index contributed by atoms with van der Waals surface area (Å²) in [4.78, 5) is 0.372. The molecule has 0 radical (unpaired) electrons. The second-order valence-electron chi connectivity index (χ2n) is 5.85. The second kappa shape index (κ2) is 7.38. The molecule has 1 aromatic carbocycles. The highest BCUT2D eigenvalue weighted by molar-refractivity contribution is 7.89. The molecule has 2 rings (SSSR count). The summed E-state index contributed by atoms with van der Waals surface area (Å²) in [7, 11) is -3.40. The zero-order valence-electron chi connectivity index (χ0n) is 12.9. The summed E-state index contributed by atoms with van der Waals surface area (Å²) in [5.41, 5.74) is 1.01. The van der Waals surface area contributed by atoms with Gasteiger partial charge in [0, 0.05) is 12.1 Å². The Labute approximate surface area is 128 Å². The van der Waals surface area contributed by atoms with Crippen LogP contribution in [0.5, 0.6) is 0 Å². The molecular weight excluding hydrogens is 284 g/mol. The van der Waals surface area contributed by atoms with Gasteiger partial charge in [-0.25, -0.2) is 13.1 Å². The van der Waals surface area contributed by atoms with Crippen molar-refractivity contribution in [2.75, 3.05) is 6.54 Å². The van der Waals surface area contributed by atoms with Gasteiger partial charge >= 0.3 is 0 Å². The molecule has 0 bridgehead atoms. The van der Waals surface area contributed by atoms with Crippen molar-refractivity contribution >= 4 is 10.0 Å². The monoisotopic (exact) mass is 310 g/mol. The Hall–Kier alpha value is -0.910. The fraction of sp³-hybridized carbons (Fsp3) is 0.625. The topological polar surface area (TPSA) is 58.2 Å². The summed E-state index contributed by atoms with van der Waals surface area (Å²) >= 11 is 0. The smallest absolute Gasteiger partial charge is 0.240 e. The van der Waals surface area contributed by atoms with Gasteiger partial charge in [-0.05, 0) is 50.4 Å². The lowest BCUT2D eigenvalue weighted by molar-refractivity contribution is 0.550. The molecule has 118 valence electrons. The zero-order chi connectivity index (χ0) is 15.3. The van der Waals surface area contributed by atoms with Crippen molar-refractivity contribution in [2.45, 2.75) is 62.9 Å². The zero-order valence-corrected chi connectivity index (χ0v) is 13.7. The van der Waals surface area contributed by atoms with E-state index in [2.05, 4.69) is 23.9 Å². The first kappa shape index (κ1) is 16.5. The predicted octanol–water partition coefficient (Wildman–Crippen LogP) is 2.97. The molecule has 1 aromatic rings. The van der Waals surface area contributed by atoms with E-state index < -0.39 is 10.0 Å². The van der Waals surface area contributed by atoms with E-state index in [1.54, 1.807) is 12.1 Å². The molecule has 1 aliphatic rings. The third kappa shape index (κ3) is 4.53. The van der Waals surface area contributed by atoms with Crippen LogP contribution in [0.1, 0.15) is 57.6 Å². The quantitative estimate of drug-likeness (QED) is 0.814. The second-order valence-corrected chi connectivity index (χ2v) is 7.56. The largest absolute Gasteiger partial charge is 0.310 e. The molecule has 1 unspecified atom stereocenters. The van der Waals surface area contributed by atoms with Crippen LogP contribution in [-0.4, -0.2) is 21.0 Å². The highest BCUT2D eigenvalue weighted by Gasteiger charge is 2.23. The van der Waals surface area contributed by atoms with Crippen molar-refractivity contribution in [1.29, 1.82) is 0 Å². The van der Waals surface area contributed by atoms with Crippen molar-refractivity contribution in [2.24, 2.45) is 0 Å². The predicted molar refractivity (Wildman–Crippen MR) is 85.7 cm³/mol. The summed E-state index contributed by atoms with van der Waals surface area (Å²) in [5.74, 6) is 0. The lowest BCUT2D eigenvalue weighted by Crippen LogP contribution is -2.32. The van der Waals surface area contributed by atoms with Crippen LogP contribution < -0.4 is 10.0 Å². The van der Waals surface area contributed by atoms with Crippen LogP contribution in [0.2, 0.25) is 0 Å². The van der Waals surface area contributed by atoms with Gasteiger partial charge in [0.1, 0.15) is 0 Å². The van der Waals surface area contributed by atoms with Crippen molar-refractivity contribution in [3.8, 4) is 0 Å². The SMILES string of the molecule is CCCNC(C)c1cccc(S(=O)(=O)NC2CCCC2)c1. The lowest BCUT2D eigenvalue weighted by atomic mass is 10.1. The summed E-state index contributed by atoms with van der Waals surface area (Å²) in [5, 5.41) is 3.39. The van der Waals surface area contributed by atoms with E-state index >= 15 is 0 Å². The lowest BCUT2D eigenvalue weighted by Gasteiger charge is -2.16. The van der Waals surface area contributed by atoms with Gasteiger partial charge in [-0.2, -0.15) is 0 Å². The molecule has 1 aliphatic carbocycles. The van der Waals surface area contributed by atoms with E-state index in [9.17, 15) is 8.42 Å². The standard InChI is InChI=1S/C16H26N2O2S/c1-3-11-17-13(2)14-7-6-10-16(12-14)21(19,20)18-15-8-4-5-9-15/h6-7,10,12-13,15,17-18H,3-5,8-9,11H2,1-2H3. The molecule has 0 aliphatic heterocycles. The number of hydrogen-bond donors (Lipinski definition) is 2. The van der Waals surface area contributed by atoms with E-state index in [4.69, 9.17) is 0 Å². The summed E-state index contributed by atoms with van der Waals surface area (Å²) in [6, 6.07) is 7.52. The van der Waals surface area contributed by atoms with Crippen LogP contribution in [-0.2, 0) is 10.0 Å². The number of hydrogen-bond acceptors (Lipinski definition) is 3. The number of sulfonamides is 1. The van der Waals surface area contributed by atoms with Gasteiger partial charge in [-0.15, -0.1) is 0 Å². The highest BCUT2D eigenvalue weighted by Crippen LogP contribution is 2.22. The van der Waals surface area contributed by atoms with Gasteiger partial charge in [0.05, 0.1) is 4.90 Å². The summed E-state index contributed by atoms with van der Waals surface area (Å²) in [6.07, 6.45) is 5.20. The minimum atomic E-state index is -3.40. The van der Waals surface area contributed by atoms with Crippen molar-refractivity contribution in [3.05, 3.63) is 29.8 Å². The molecule has 0 amide bonds. The molecule has 0 spiro atoms. The maximum absolute atomic E-state index is 12.4. The van der Waals surface area contributed by atoms with E-state index in [0.717, 1.165) is 44.2 Å². The normalized spacial score (nSPS) is 18.0. The molecular formula is C16H26N2O2S. The van der Waals surface area contributed by atoms with Crippen molar-refractivity contribution < 1.29 is 8.42 Å². The molecule has 4 nitrogen and oxygen atoms in total. The number of nitrogens with one attached hydrogen (secondary N) is 2. The Morgan fingerprint density at radius 1 is 1.29 bits per heavy atom. The van der Waals surface area contributed by atoms with Crippen LogP contribution in [0, 0.1) is 0 Å². The van der Waals surface area contributed by atoms with Gasteiger partial charge < -0.3 is 5.32 Å². The third-order valence-electron chi connectivity index (χ3n) is 4.05. The number of benzene rings is 1. The van der Waals surface area contributed by atoms with Crippen LogP contribution in [0.3, 0.4) is 0 Å². The molecule has 21 heavy (non-hydrogen) atoms. The average molecular weight is 310 g/mol. The van der Waals surface area contributed by atoms with E-state index in [1.165, 1.54) is 0 Å². The van der Waals surface area contributed by atoms with Gasteiger partial charge in [0.15, 0.2) is 0 Å². The van der Waals surface area contributed by atoms with E-state index in [0.29, 0.717) is 4.90 Å². The molecule has 2 N–H and O–H groups in total. The third-order valence-corrected chi connectivity index (χ3v) is 5.56. The van der Waals surface area contributed by atoms with Gasteiger partial charge in [-0.1, -0.05) is 31.9 Å². The van der Waals surface area contributed by atoms with E-state index in [-0.39, 0.29) is 12.1 Å². The first-order valence-corrected chi connectivity index (χ1v) is 9.37. The van der Waals surface area contributed by atoms with Gasteiger partial charge in [0.25, 0.3) is 0 Å². The molecule has 1 saturated carbocycles. The minimum Gasteiger partial charge on any atom is -0.310 e. The minimum absolute atomic E-state index is 0.106. The maximum Gasteiger partial charge on any atom is 0.240 e. The Bertz CT molecular complexity index is 551.